The minimum Gasteiger partial charge on any atom is -0.389 e. The van der Waals surface area contributed by atoms with Crippen LogP contribution in [0.25, 0.3) is 0 Å². The van der Waals surface area contributed by atoms with Crippen LogP contribution in [0.2, 0.25) is 0 Å². The van der Waals surface area contributed by atoms with E-state index in [2.05, 4.69) is 4.72 Å². The van der Waals surface area contributed by atoms with Crippen LogP contribution >= 0.6 is 0 Å². The number of sulfonamides is 1. The van der Waals surface area contributed by atoms with Gasteiger partial charge in [0.1, 0.15) is 0 Å². The molecule has 0 bridgehead atoms. The first-order valence-electron chi connectivity index (χ1n) is 6.26. The molecule has 0 spiro atoms. The van der Waals surface area contributed by atoms with Gasteiger partial charge < -0.3 is 5.11 Å². The maximum atomic E-state index is 12.3. The number of para-hydroxylation sites is 1. The molecule has 1 atom stereocenters. The summed E-state index contributed by atoms with van der Waals surface area (Å²) < 4.78 is 27.2. The molecule has 4 nitrogen and oxygen atoms in total. The monoisotopic (exact) mass is 291 g/mol. The van der Waals surface area contributed by atoms with Gasteiger partial charge >= 0.3 is 0 Å². The number of nitrogens with one attached hydrogen (secondary N) is 1. The molecule has 0 fully saturated rings. The van der Waals surface area contributed by atoms with E-state index in [-0.39, 0.29) is 4.90 Å². The normalized spacial score (nSPS) is 12.9. The topological polar surface area (TPSA) is 66.4 Å². The van der Waals surface area contributed by atoms with Crippen molar-refractivity contribution in [3.63, 3.8) is 0 Å². The number of hydrogen-bond donors (Lipinski definition) is 2. The van der Waals surface area contributed by atoms with Crippen LogP contribution in [0, 0.1) is 6.92 Å². The molecule has 2 rings (SSSR count). The Balaban J connectivity index is 2.36. The minimum atomic E-state index is -3.65. The molecule has 106 valence electrons. The van der Waals surface area contributed by atoms with Gasteiger partial charge in [-0.2, -0.15) is 0 Å². The smallest absolute Gasteiger partial charge is 0.261 e. The van der Waals surface area contributed by atoms with Crippen molar-refractivity contribution in [2.24, 2.45) is 0 Å². The highest BCUT2D eigenvalue weighted by atomic mass is 32.2. The molecule has 0 amide bonds. The number of aliphatic hydroxyl groups is 1. The predicted octanol–water partition coefficient (Wildman–Crippen LogP) is 2.85. The van der Waals surface area contributed by atoms with Gasteiger partial charge in [0, 0.05) is 0 Å². The van der Waals surface area contributed by atoms with Gasteiger partial charge in [0.05, 0.1) is 16.7 Å². The molecule has 2 aromatic rings. The molecule has 0 saturated heterocycles. The van der Waals surface area contributed by atoms with E-state index in [0.29, 0.717) is 11.3 Å². The number of hydrogen-bond acceptors (Lipinski definition) is 3. The third kappa shape index (κ3) is 3.18. The molecule has 0 heterocycles. The molecule has 0 aromatic heterocycles. The number of aryl methyl sites for hydroxylation is 1. The summed E-state index contributed by atoms with van der Waals surface area (Å²) in [4.78, 5) is 0.138. The quantitative estimate of drug-likeness (QED) is 0.910. The number of benzene rings is 2. The maximum absolute atomic E-state index is 12.3. The second-order valence-electron chi connectivity index (χ2n) is 4.67. The average Bonchev–Trinajstić information content (AvgIpc) is 2.41. The SMILES string of the molecule is Cc1ccccc1NS(=O)(=O)c1cccc(C(C)O)c1. The Morgan fingerprint density at radius 2 is 1.80 bits per heavy atom. The van der Waals surface area contributed by atoms with E-state index in [4.69, 9.17) is 0 Å². The average molecular weight is 291 g/mol. The van der Waals surface area contributed by atoms with Crippen molar-refractivity contribution in [1.29, 1.82) is 0 Å². The van der Waals surface area contributed by atoms with Gasteiger partial charge in [0.25, 0.3) is 10.0 Å². The van der Waals surface area contributed by atoms with Crippen LogP contribution in [-0.4, -0.2) is 13.5 Å². The molecule has 2 N–H and O–H groups in total. The predicted molar refractivity (Wildman–Crippen MR) is 79.1 cm³/mol. The van der Waals surface area contributed by atoms with Crippen LogP contribution in [0.4, 0.5) is 5.69 Å². The van der Waals surface area contributed by atoms with Crippen molar-refractivity contribution in [3.05, 3.63) is 59.7 Å². The Morgan fingerprint density at radius 3 is 2.45 bits per heavy atom. The first-order valence-corrected chi connectivity index (χ1v) is 7.75. The first kappa shape index (κ1) is 14.6. The third-order valence-corrected chi connectivity index (χ3v) is 4.40. The van der Waals surface area contributed by atoms with Crippen molar-refractivity contribution in [2.75, 3.05) is 4.72 Å². The largest absolute Gasteiger partial charge is 0.389 e. The van der Waals surface area contributed by atoms with E-state index in [0.717, 1.165) is 5.56 Å². The van der Waals surface area contributed by atoms with Crippen LogP contribution in [-0.2, 0) is 10.0 Å². The first-order chi connectivity index (χ1) is 9.40. The molecule has 20 heavy (non-hydrogen) atoms. The van der Waals surface area contributed by atoms with Crippen LogP contribution in [0.3, 0.4) is 0 Å². The Labute approximate surface area is 119 Å². The van der Waals surface area contributed by atoms with Crippen LogP contribution in [0.5, 0.6) is 0 Å². The van der Waals surface area contributed by atoms with E-state index in [1.807, 2.05) is 19.1 Å². The summed E-state index contributed by atoms with van der Waals surface area (Å²) >= 11 is 0. The summed E-state index contributed by atoms with van der Waals surface area (Å²) in [5.74, 6) is 0. The summed E-state index contributed by atoms with van der Waals surface area (Å²) in [6, 6.07) is 13.5. The van der Waals surface area contributed by atoms with Gasteiger partial charge in [0.2, 0.25) is 0 Å². The van der Waals surface area contributed by atoms with E-state index in [1.54, 1.807) is 31.2 Å². The fourth-order valence-electron chi connectivity index (χ4n) is 1.83. The Bertz CT molecular complexity index is 709. The molecule has 5 heteroatoms. The zero-order valence-corrected chi connectivity index (χ0v) is 12.2. The minimum absolute atomic E-state index is 0.138. The van der Waals surface area contributed by atoms with E-state index < -0.39 is 16.1 Å². The van der Waals surface area contributed by atoms with Crippen molar-refractivity contribution in [1.82, 2.24) is 0 Å². The third-order valence-electron chi connectivity index (χ3n) is 3.04. The van der Waals surface area contributed by atoms with E-state index in [1.165, 1.54) is 12.1 Å². The molecule has 0 aliphatic rings. The zero-order chi connectivity index (χ0) is 14.8. The van der Waals surface area contributed by atoms with Gasteiger partial charge in [-0.1, -0.05) is 30.3 Å². The molecule has 0 radical (unpaired) electrons. The summed E-state index contributed by atoms with van der Waals surface area (Å²) in [7, 11) is -3.65. The molecular formula is C15H17NO3S. The van der Waals surface area contributed by atoms with Crippen LogP contribution in [0.1, 0.15) is 24.2 Å². The fourth-order valence-corrected chi connectivity index (χ4v) is 3.02. The van der Waals surface area contributed by atoms with Crippen molar-refractivity contribution in [3.8, 4) is 0 Å². The van der Waals surface area contributed by atoms with Crippen LogP contribution < -0.4 is 4.72 Å². The lowest BCUT2D eigenvalue weighted by Gasteiger charge is -2.12. The van der Waals surface area contributed by atoms with Gasteiger partial charge in [-0.15, -0.1) is 0 Å². The second kappa shape index (κ2) is 5.64. The molecule has 0 aliphatic carbocycles. The highest BCUT2D eigenvalue weighted by Gasteiger charge is 2.16. The number of aliphatic hydroxyl groups excluding tert-OH is 1. The highest BCUT2D eigenvalue weighted by molar-refractivity contribution is 7.92. The second-order valence-corrected chi connectivity index (χ2v) is 6.35. The fraction of sp³-hybridized carbons (Fsp3) is 0.200. The molecule has 0 saturated carbocycles. The van der Waals surface area contributed by atoms with E-state index in [9.17, 15) is 13.5 Å². The summed E-state index contributed by atoms with van der Waals surface area (Å²) in [5.41, 5.74) is 1.97. The number of anilines is 1. The Kier molecular flexibility index (Phi) is 4.11. The van der Waals surface area contributed by atoms with Crippen molar-refractivity contribution in [2.45, 2.75) is 24.8 Å². The summed E-state index contributed by atoms with van der Waals surface area (Å²) in [6.45, 7) is 3.44. The zero-order valence-electron chi connectivity index (χ0n) is 11.4. The van der Waals surface area contributed by atoms with Gasteiger partial charge in [-0.05, 0) is 43.2 Å². The Hall–Kier alpha value is -1.85. The Morgan fingerprint density at radius 1 is 1.10 bits per heavy atom. The lowest BCUT2D eigenvalue weighted by Crippen LogP contribution is -2.14. The van der Waals surface area contributed by atoms with Gasteiger partial charge in [0.15, 0.2) is 0 Å². The standard InChI is InChI=1S/C15H17NO3S/c1-11-6-3-4-9-15(11)16-20(18,19)14-8-5-7-13(10-14)12(2)17/h3-10,12,16-17H,1-2H3. The lowest BCUT2D eigenvalue weighted by molar-refractivity contribution is 0.199. The van der Waals surface area contributed by atoms with Crippen molar-refractivity contribution < 1.29 is 13.5 Å². The highest BCUT2D eigenvalue weighted by Crippen LogP contribution is 2.21. The van der Waals surface area contributed by atoms with Gasteiger partial charge in [-0.3, -0.25) is 4.72 Å². The number of rotatable bonds is 4. The summed E-state index contributed by atoms with van der Waals surface area (Å²) in [5, 5.41) is 9.53. The molecular weight excluding hydrogens is 274 g/mol. The van der Waals surface area contributed by atoms with E-state index >= 15 is 0 Å². The molecule has 2 aromatic carbocycles. The summed E-state index contributed by atoms with van der Waals surface area (Å²) in [6.07, 6.45) is -0.705. The van der Waals surface area contributed by atoms with Crippen LogP contribution in [0.15, 0.2) is 53.4 Å². The lowest BCUT2D eigenvalue weighted by atomic mass is 10.1. The maximum Gasteiger partial charge on any atom is 0.261 e. The molecule has 0 aliphatic heterocycles. The van der Waals surface area contributed by atoms with Crippen molar-refractivity contribution >= 4 is 15.7 Å². The molecule has 1 unspecified atom stereocenters. The van der Waals surface area contributed by atoms with Gasteiger partial charge in [-0.25, -0.2) is 8.42 Å².